The molecule has 0 N–H and O–H groups in total. The van der Waals surface area contributed by atoms with Crippen molar-refractivity contribution in [2.24, 2.45) is 11.0 Å². The molecule has 0 aliphatic carbocycles. The molecule has 2 saturated heterocycles. The molecular formula is C10H18N4O5S. The molecule has 0 radical (unpaired) electrons. The van der Waals surface area contributed by atoms with E-state index in [-0.39, 0.29) is 24.2 Å². The van der Waals surface area contributed by atoms with Crippen molar-refractivity contribution in [2.45, 2.75) is 13.3 Å². The van der Waals surface area contributed by atoms with Crippen LogP contribution in [0.15, 0.2) is 5.10 Å². The van der Waals surface area contributed by atoms with Gasteiger partial charge in [0.15, 0.2) is 5.03 Å². The minimum atomic E-state index is -3.53. The maximum atomic E-state index is 11.9. The van der Waals surface area contributed by atoms with Gasteiger partial charge in [-0.05, 0) is 13.3 Å². The Morgan fingerprint density at radius 3 is 2.80 bits per heavy atom. The molecule has 0 saturated carbocycles. The average molecular weight is 306 g/mol. The van der Waals surface area contributed by atoms with Crippen molar-refractivity contribution < 1.29 is 18.2 Å². The summed E-state index contributed by atoms with van der Waals surface area (Å²) in [6.45, 7) is 3.94. The summed E-state index contributed by atoms with van der Waals surface area (Å²) in [4.78, 5) is 12.3. The molecule has 2 aliphatic rings. The lowest BCUT2D eigenvalue weighted by atomic mass is 10.1. The van der Waals surface area contributed by atoms with E-state index in [9.17, 15) is 18.5 Å². The lowest BCUT2D eigenvalue weighted by molar-refractivity contribution is -0.486. The maximum absolute atomic E-state index is 11.9. The van der Waals surface area contributed by atoms with Gasteiger partial charge >= 0.3 is 0 Å². The normalized spacial score (nSPS) is 25.6. The molecule has 0 aromatic rings. The number of guanidine groups is 1. The minimum absolute atomic E-state index is 0.0799. The summed E-state index contributed by atoms with van der Waals surface area (Å²) in [5.74, 6) is 0.0735. The highest BCUT2D eigenvalue weighted by atomic mass is 32.2. The predicted molar refractivity (Wildman–Crippen MR) is 71.1 cm³/mol. The van der Waals surface area contributed by atoms with Gasteiger partial charge in [0.2, 0.25) is 10.0 Å². The van der Waals surface area contributed by atoms with Gasteiger partial charge in [-0.3, -0.25) is 0 Å². The van der Waals surface area contributed by atoms with Gasteiger partial charge in [0, 0.05) is 25.6 Å². The highest BCUT2D eigenvalue weighted by Gasteiger charge is 2.38. The van der Waals surface area contributed by atoms with Crippen molar-refractivity contribution >= 4 is 16.0 Å². The van der Waals surface area contributed by atoms with Crippen LogP contribution in [0.1, 0.15) is 13.3 Å². The number of hydrazone groups is 1. The summed E-state index contributed by atoms with van der Waals surface area (Å²) >= 11 is 0. The number of nitrogens with zero attached hydrogens (tertiary/aromatic N) is 4. The first-order chi connectivity index (χ1) is 9.44. The van der Waals surface area contributed by atoms with Gasteiger partial charge in [0.1, 0.15) is 5.10 Å². The Hall–Kier alpha value is -1.42. The zero-order valence-electron chi connectivity index (χ0n) is 11.3. The molecule has 0 aromatic heterocycles. The van der Waals surface area contributed by atoms with Crippen LogP contribution >= 0.6 is 0 Å². The van der Waals surface area contributed by atoms with Gasteiger partial charge in [-0.25, -0.2) is 22.8 Å². The lowest BCUT2D eigenvalue weighted by Gasteiger charge is -2.22. The summed E-state index contributed by atoms with van der Waals surface area (Å²) in [5.41, 5.74) is 0. The number of nitro groups is 1. The van der Waals surface area contributed by atoms with Crippen LogP contribution in [0.25, 0.3) is 0 Å². The van der Waals surface area contributed by atoms with Crippen molar-refractivity contribution in [3.05, 3.63) is 10.1 Å². The van der Waals surface area contributed by atoms with Crippen molar-refractivity contribution in [3.63, 3.8) is 0 Å². The molecule has 1 unspecified atom stereocenters. The monoisotopic (exact) mass is 306 g/mol. The first kappa shape index (κ1) is 15.0. The van der Waals surface area contributed by atoms with Crippen LogP contribution in [0.4, 0.5) is 0 Å². The SMILES string of the molecule is CCS(=O)(=O)N1CCN(CC2CCOC2)C1=N[N+](=O)[O-]. The molecule has 0 amide bonds. The number of rotatable bonds is 5. The Labute approximate surface area is 117 Å². The maximum Gasteiger partial charge on any atom is 0.287 e. The number of hydrogen-bond acceptors (Lipinski definition) is 5. The largest absolute Gasteiger partial charge is 0.381 e. The molecule has 2 aliphatic heterocycles. The van der Waals surface area contributed by atoms with E-state index in [1.165, 1.54) is 6.92 Å². The Morgan fingerprint density at radius 1 is 1.50 bits per heavy atom. The molecule has 2 rings (SSSR count). The minimum Gasteiger partial charge on any atom is -0.381 e. The molecule has 0 spiro atoms. The van der Waals surface area contributed by atoms with E-state index in [2.05, 4.69) is 5.10 Å². The van der Waals surface area contributed by atoms with Crippen LogP contribution in [0.5, 0.6) is 0 Å². The first-order valence-corrected chi connectivity index (χ1v) is 8.11. The first-order valence-electron chi connectivity index (χ1n) is 6.50. The van der Waals surface area contributed by atoms with Gasteiger partial charge in [-0.15, -0.1) is 0 Å². The highest BCUT2D eigenvalue weighted by Crippen LogP contribution is 2.20. The molecule has 9 nitrogen and oxygen atoms in total. The van der Waals surface area contributed by atoms with E-state index in [1.54, 1.807) is 4.90 Å². The summed E-state index contributed by atoms with van der Waals surface area (Å²) in [7, 11) is -3.53. The van der Waals surface area contributed by atoms with Crippen LogP contribution < -0.4 is 0 Å². The van der Waals surface area contributed by atoms with Gasteiger partial charge in [-0.2, -0.15) is 0 Å². The molecule has 10 heteroatoms. The Bertz CT molecular complexity index is 500. The van der Waals surface area contributed by atoms with Gasteiger partial charge in [0.25, 0.3) is 5.96 Å². The predicted octanol–water partition coefficient (Wildman–Crippen LogP) is -0.462. The second-order valence-electron chi connectivity index (χ2n) is 4.79. The summed E-state index contributed by atoms with van der Waals surface area (Å²) in [6, 6.07) is 0. The van der Waals surface area contributed by atoms with Gasteiger partial charge in [0.05, 0.1) is 18.9 Å². The lowest BCUT2D eigenvalue weighted by Crippen LogP contribution is -2.40. The quantitative estimate of drug-likeness (QED) is 0.502. The van der Waals surface area contributed by atoms with Gasteiger partial charge in [-0.1, -0.05) is 0 Å². The van der Waals surface area contributed by atoms with E-state index in [4.69, 9.17) is 4.74 Å². The van der Waals surface area contributed by atoms with Crippen LogP contribution in [0.3, 0.4) is 0 Å². The average Bonchev–Trinajstić information content (AvgIpc) is 3.00. The molecular weight excluding hydrogens is 288 g/mol. The number of ether oxygens (including phenoxy) is 1. The Balaban J connectivity index is 2.18. The third kappa shape index (κ3) is 3.18. The van der Waals surface area contributed by atoms with Crippen molar-refractivity contribution in [2.75, 3.05) is 38.6 Å². The van der Waals surface area contributed by atoms with Crippen molar-refractivity contribution in [1.29, 1.82) is 0 Å². The number of hydrogen-bond donors (Lipinski definition) is 0. The zero-order valence-corrected chi connectivity index (χ0v) is 12.1. The second kappa shape index (κ2) is 5.92. The van der Waals surface area contributed by atoms with E-state index in [0.717, 1.165) is 10.7 Å². The second-order valence-corrected chi connectivity index (χ2v) is 6.97. The smallest absolute Gasteiger partial charge is 0.287 e. The number of sulfonamides is 1. The van der Waals surface area contributed by atoms with Crippen LogP contribution in [-0.2, 0) is 14.8 Å². The fourth-order valence-corrected chi connectivity index (χ4v) is 3.46. The zero-order chi connectivity index (χ0) is 14.8. The Kier molecular flexibility index (Phi) is 4.43. The van der Waals surface area contributed by atoms with Gasteiger partial charge < -0.3 is 9.64 Å². The van der Waals surface area contributed by atoms with E-state index in [1.807, 2.05) is 0 Å². The topological polar surface area (TPSA) is 105 Å². The summed E-state index contributed by atoms with van der Waals surface area (Å²) < 4.78 is 30.2. The summed E-state index contributed by atoms with van der Waals surface area (Å²) in [5, 5.41) is 13.1. The third-order valence-electron chi connectivity index (χ3n) is 3.45. The molecule has 2 fully saturated rings. The van der Waals surface area contributed by atoms with E-state index in [0.29, 0.717) is 26.3 Å². The van der Waals surface area contributed by atoms with Crippen LogP contribution in [0.2, 0.25) is 0 Å². The highest BCUT2D eigenvalue weighted by molar-refractivity contribution is 7.89. The fraction of sp³-hybridized carbons (Fsp3) is 0.900. The fourth-order valence-electron chi connectivity index (χ4n) is 2.39. The molecule has 20 heavy (non-hydrogen) atoms. The van der Waals surface area contributed by atoms with Crippen molar-refractivity contribution in [3.8, 4) is 0 Å². The molecule has 1 atom stereocenters. The molecule has 0 bridgehead atoms. The third-order valence-corrected chi connectivity index (χ3v) is 5.20. The van der Waals surface area contributed by atoms with E-state index < -0.39 is 15.1 Å². The van der Waals surface area contributed by atoms with Crippen LogP contribution in [0, 0.1) is 16.0 Å². The molecule has 2 heterocycles. The van der Waals surface area contributed by atoms with Crippen LogP contribution in [-0.4, -0.2) is 67.2 Å². The Morgan fingerprint density at radius 2 is 2.25 bits per heavy atom. The van der Waals surface area contributed by atoms with Crippen molar-refractivity contribution in [1.82, 2.24) is 9.21 Å². The molecule has 114 valence electrons. The summed E-state index contributed by atoms with van der Waals surface area (Å²) in [6.07, 6.45) is 0.878. The standard InChI is InChI=1S/C10H18N4O5S/c1-2-20(17,18)13-5-4-12(10(13)11-14(15)16)7-9-3-6-19-8-9/h9H,2-8H2,1H3. The van der Waals surface area contributed by atoms with E-state index >= 15 is 0 Å². The molecule has 0 aromatic carbocycles.